The molecule has 0 spiro atoms. The van der Waals surface area contributed by atoms with Crippen LogP contribution in [-0.4, -0.2) is 27.8 Å². The Hall–Kier alpha value is -2.97. The number of nitrogens with zero attached hydrogens (tertiary/aromatic N) is 3. The second kappa shape index (κ2) is 4.51. The van der Waals surface area contributed by atoms with Gasteiger partial charge in [0.2, 0.25) is 0 Å². The van der Waals surface area contributed by atoms with Crippen LogP contribution in [0.1, 0.15) is 15.9 Å². The Morgan fingerprint density at radius 1 is 1.35 bits per heavy atom. The largest absolute Gasteiger partial charge is 0.586 e. The minimum atomic E-state index is -3.65. The third kappa shape index (κ3) is 2.39. The number of benzene rings is 1. The number of nitrogens with one attached hydrogen (secondary N) is 1. The van der Waals surface area contributed by atoms with E-state index >= 15 is 0 Å². The number of rotatable bonds is 1. The molecule has 0 bridgehead atoms. The molecule has 0 saturated carbocycles. The average Bonchev–Trinajstić information content (AvgIpc) is 3.10. The molecule has 1 aromatic heterocycles. The summed E-state index contributed by atoms with van der Waals surface area (Å²) < 4.78 is 36.3. The molecule has 1 amide bonds. The highest BCUT2D eigenvalue weighted by atomic mass is 19.3. The molecular weight excluding hydrogens is 310 g/mol. The molecule has 0 atom stereocenters. The van der Waals surface area contributed by atoms with Crippen LogP contribution in [0.5, 0.6) is 11.5 Å². The number of halogens is 2. The van der Waals surface area contributed by atoms with E-state index in [1.165, 1.54) is 23.0 Å². The SMILES string of the molecule is Cn1cc(C(=O)NC2=Nc3cc4c(cc3C2)OC(F)(F)O4)cn1. The second-order valence-electron chi connectivity index (χ2n) is 5.19. The number of hydrogen-bond donors (Lipinski definition) is 1. The number of alkyl halides is 2. The van der Waals surface area contributed by atoms with Gasteiger partial charge >= 0.3 is 6.29 Å². The predicted molar refractivity (Wildman–Crippen MR) is 74.1 cm³/mol. The summed E-state index contributed by atoms with van der Waals surface area (Å²) in [5.74, 6) is -0.0263. The van der Waals surface area contributed by atoms with Gasteiger partial charge in [-0.25, -0.2) is 4.99 Å². The molecule has 118 valence electrons. The van der Waals surface area contributed by atoms with Gasteiger partial charge in [-0.1, -0.05) is 0 Å². The number of carbonyl (C=O) groups excluding carboxylic acids is 1. The van der Waals surface area contributed by atoms with E-state index in [9.17, 15) is 13.6 Å². The number of aromatic nitrogens is 2. The van der Waals surface area contributed by atoms with Gasteiger partial charge in [-0.05, 0) is 11.6 Å². The van der Waals surface area contributed by atoms with Crippen LogP contribution in [0.4, 0.5) is 14.5 Å². The van der Waals surface area contributed by atoms with Crippen molar-refractivity contribution in [3.63, 3.8) is 0 Å². The minimum Gasteiger partial charge on any atom is -0.395 e. The van der Waals surface area contributed by atoms with Gasteiger partial charge in [-0.2, -0.15) is 5.10 Å². The zero-order valence-corrected chi connectivity index (χ0v) is 11.8. The van der Waals surface area contributed by atoms with Gasteiger partial charge in [0, 0.05) is 25.7 Å². The van der Waals surface area contributed by atoms with Crippen molar-refractivity contribution in [2.45, 2.75) is 12.7 Å². The Morgan fingerprint density at radius 2 is 2.09 bits per heavy atom. The minimum absolute atomic E-state index is 0.0382. The maximum Gasteiger partial charge on any atom is 0.586 e. The van der Waals surface area contributed by atoms with Crippen molar-refractivity contribution in [1.29, 1.82) is 0 Å². The van der Waals surface area contributed by atoms with Gasteiger partial charge in [0.1, 0.15) is 5.84 Å². The fourth-order valence-electron chi connectivity index (χ4n) is 2.45. The number of aliphatic imine (C=N–C) groups is 1. The average molecular weight is 320 g/mol. The molecule has 4 rings (SSSR count). The molecule has 2 aromatic rings. The van der Waals surface area contributed by atoms with E-state index in [-0.39, 0.29) is 17.4 Å². The van der Waals surface area contributed by atoms with Crippen LogP contribution < -0.4 is 14.8 Å². The predicted octanol–water partition coefficient (Wildman–Crippen LogP) is 1.76. The number of hydrogen-bond acceptors (Lipinski definition) is 5. The lowest BCUT2D eigenvalue weighted by atomic mass is 10.1. The third-order valence-corrected chi connectivity index (χ3v) is 3.44. The van der Waals surface area contributed by atoms with Crippen molar-refractivity contribution < 1.29 is 23.0 Å². The van der Waals surface area contributed by atoms with Crippen molar-refractivity contribution in [2.75, 3.05) is 0 Å². The Bertz CT molecular complexity index is 860. The standard InChI is InChI=1S/C14H10F2N4O3/c1-20-6-8(5-17-20)13(21)19-12-3-7-2-10-11(4-9(7)18-12)23-14(15,16)22-10/h2,4-6H,3H2,1H3,(H,18,19,21). The van der Waals surface area contributed by atoms with Crippen LogP contribution in [0.25, 0.3) is 0 Å². The van der Waals surface area contributed by atoms with Crippen LogP contribution in [-0.2, 0) is 13.5 Å². The van der Waals surface area contributed by atoms with E-state index in [4.69, 9.17) is 0 Å². The van der Waals surface area contributed by atoms with E-state index < -0.39 is 6.29 Å². The zero-order chi connectivity index (χ0) is 16.2. The fourth-order valence-corrected chi connectivity index (χ4v) is 2.45. The summed E-state index contributed by atoms with van der Waals surface area (Å²) in [5.41, 5.74) is 1.54. The van der Waals surface area contributed by atoms with Gasteiger partial charge in [-0.15, -0.1) is 8.78 Å². The summed E-state index contributed by atoms with van der Waals surface area (Å²) in [4.78, 5) is 16.3. The Morgan fingerprint density at radius 3 is 2.78 bits per heavy atom. The van der Waals surface area contributed by atoms with Crippen molar-refractivity contribution in [3.05, 3.63) is 35.7 Å². The molecule has 2 aliphatic rings. The molecule has 1 aromatic carbocycles. The summed E-state index contributed by atoms with van der Waals surface area (Å²) in [6, 6.07) is 2.81. The number of amides is 1. The number of aryl methyl sites for hydroxylation is 1. The van der Waals surface area contributed by atoms with E-state index in [1.54, 1.807) is 13.2 Å². The van der Waals surface area contributed by atoms with Gasteiger partial charge in [0.25, 0.3) is 5.91 Å². The highest BCUT2D eigenvalue weighted by Gasteiger charge is 2.44. The highest BCUT2D eigenvalue weighted by Crippen LogP contribution is 2.45. The summed E-state index contributed by atoms with van der Waals surface area (Å²) >= 11 is 0. The second-order valence-corrected chi connectivity index (χ2v) is 5.19. The maximum atomic E-state index is 13.0. The van der Waals surface area contributed by atoms with E-state index in [2.05, 4.69) is 24.9 Å². The van der Waals surface area contributed by atoms with Gasteiger partial charge in [0.05, 0.1) is 17.4 Å². The van der Waals surface area contributed by atoms with Gasteiger partial charge in [-0.3, -0.25) is 9.48 Å². The topological polar surface area (TPSA) is 77.7 Å². The molecule has 7 nitrogen and oxygen atoms in total. The quantitative estimate of drug-likeness (QED) is 0.868. The summed E-state index contributed by atoms with van der Waals surface area (Å²) in [5, 5.41) is 6.59. The first-order chi connectivity index (χ1) is 10.9. The molecular formula is C14H10F2N4O3. The Labute approximate surface area is 128 Å². The number of amidine groups is 1. The number of ether oxygens (including phenoxy) is 2. The van der Waals surface area contributed by atoms with Crippen molar-refractivity contribution in [3.8, 4) is 11.5 Å². The van der Waals surface area contributed by atoms with Crippen molar-refractivity contribution in [1.82, 2.24) is 15.1 Å². The lowest BCUT2D eigenvalue weighted by molar-refractivity contribution is -0.286. The molecule has 0 radical (unpaired) electrons. The molecule has 1 N–H and O–H groups in total. The van der Waals surface area contributed by atoms with Crippen LogP contribution in [0.15, 0.2) is 29.5 Å². The molecule has 2 aliphatic heterocycles. The maximum absolute atomic E-state index is 13.0. The molecule has 3 heterocycles. The van der Waals surface area contributed by atoms with Crippen LogP contribution in [0.3, 0.4) is 0 Å². The molecule has 0 unspecified atom stereocenters. The van der Waals surface area contributed by atoms with E-state index in [0.717, 1.165) is 0 Å². The zero-order valence-electron chi connectivity index (χ0n) is 11.8. The molecule has 9 heteroatoms. The first kappa shape index (κ1) is 13.7. The Balaban J connectivity index is 1.54. The number of carbonyl (C=O) groups is 1. The summed E-state index contributed by atoms with van der Waals surface area (Å²) in [6.07, 6.45) is -0.325. The lowest BCUT2D eigenvalue weighted by Gasteiger charge is -2.04. The lowest BCUT2D eigenvalue weighted by Crippen LogP contribution is -2.30. The summed E-state index contributed by atoms with van der Waals surface area (Å²) in [6.45, 7) is 0. The first-order valence-electron chi connectivity index (χ1n) is 6.70. The molecule has 0 fully saturated rings. The first-order valence-corrected chi connectivity index (χ1v) is 6.70. The molecule has 0 saturated heterocycles. The number of fused-ring (bicyclic) bond motifs is 2. The Kier molecular flexibility index (Phi) is 2.68. The highest BCUT2D eigenvalue weighted by molar-refractivity contribution is 6.08. The monoisotopic (exact) mass is 320 g/mol. The third-order valence-electron chi connectivity index (χ3n) is 3.44. The fraction of sp³-hybridized carbons (Fsp3) is 0.214. The van der Waals surface area contributed by atoms with Crippen LogP contribution in [0.2, 0.25) is 0 Å². The van der Waals surface area contributed by atoms with Crippen molar-refractivity contribution in [2.24, 2.45) is 12.0 Å². The van der Waals surface area contributed by atoms with Crippen molar-refractivity contribution >= 4 is 17.4 Å². The van der Waals surface area contributed by atoms with Crippen LogP contribution in [0, 0.1) is 0 Å². The van der Waals surface area contributed by atoms with Gasteiger partial charge in [0.15, 0.2) is 11.5 Å². The normalized spacial score (nSPS) is 16.9. The molecule has 23 heavy (non-hydrogen) atoms. The molecule has 0 aliphatic carbocycles. The van der Waals surface area contributed by atoms with Crippen LogP contribution >= 0.6 is 0 Å². The summed E-state index contributed by atoms with van der Waals surface area (Å²) in [7, 11) is 1.71. The van der Waals surface area contributed by atoms with E-state index in [0.29, 0.717) is 29.1 Å². The smallest absolute Gasteiger partial charge is 0.395 e. The van der Waals surface area contributed by atoms with E-state index in [1.807, 2.05) is 0 Å². The van der Waals surface area contributed by atoms with Gasteiger partial charge < -0.3 is 14.8 Å².